The van der Waals surface area contributed by atoms with Crippen LogP contribution in [0.4, 0.5) is 0 Å². The van der Waals surface area contributed by atoms with Gasteiger partial charge < -0.3 is 0 Å². The molecule has 1 unspecified atom stereocenters. The molecule has 2 rings (SSSR count). The van der Waals surface area contributed by atoms with Crippen LogP contribution in [-0.4, -0.2) is 12.3 Å². The SMILES string of the molecule is C=CC1=C(/C=C\C)C(C)N=Cc2ccccc2/C=C\C(C)=C(/C(=C)\C=C/C=C(C)/C=C/CC)CC=C1. The van der Waals surface area contributed by atoms with Crippen molar-refractivity contribution in [2.45, 2.75) is 53.5 Å². The van der Waals surface area contributed by atoms with Crippen molar-refractivity contribution in [3.63, 3.8) is 0 Å². The van der Waals surface area contributed by atoms with Crippen LogP contribution >= 0.6 is 0 Å². The summed E-state index contributed by atoms with van der Waals surface area (Å²) in [7, 11) is 0. The van der Waals surface area contributed by atoms with Crippen LogP contribution in [0.5, 0.6) is 0 Å². The Bertz CT molecular complexity index is 1200. The van der Waals surface area contributed by atoms with Crippen molar-refractivity contribution in [3.05, 3.63) is 149 Å². The number of benzene rings is 1. The van der Waals surface area contributed by atoms with Crippen molar-refractivity contribution in [3.8, 4) is 0 Å². The van der Waals surface area contributed by atoms with Crippen LogP contribution in [0.1, 0.15) is 58.6 Å². The Labute approximate surface area is 219 Å². The monoisotopic (exact) mass is 475 g/mol. The van der Waals surface area contributed by atoms with Gasteiger partial charge in [0, 0.05) is 6.21 Å². The fourth-order valence-electron chi connectivity index (χ4n) is 3.93. The second kappa shape index (κ2) is 15.3. The van der Waals surface area contributed by atoms with Gasteiger partial charge in [-0.15, -0.1) is 0 Å². The zero-order valence-electron chi connectivity index (χ0n) is 22.7. The average molecular weight is 476 g/mol. The summed E-state index contributed by atoms with van der Waals surface area (Å²) in [6.45, 7) is 19.1. The molecule has 0 saturated carbocycles. The summed E-state index contributed by atoms with van der Waals surface area (Å²) in [5.74, 6) is 0. The molecule has 1 aromatic carbocycles. The van der Waals surface area contributed by atoms with Crippen LogP contribution in [0, 0.1) is 0 Å². The molecule has 0 bridgehead atoms. The van der Waals surface area contributed by atoms with Crippen molar-refractivity contribution in [2.24, 2.45) is 4.99 Å². The number of hydrogen-bond donors (Lipinski definition) is 0. The molecular formula is C35H41N. The zero-order valence-corrected chi connectivity index (χ0v) is 22.7. The van der Waals surface area contributed by atoms with E-state index in [0.29, 0.717) is 0 Å². The van der Waals surface area contributed by atoms with Crippen LogP contribution in [0.25, 0.3) is 6.08 Å². The van der Waals surface area contributed by atoms with Gasteiger partial charge in [0.2, 0.25) is 0 Å². The first kappa shape index (κ1) is 28.5. The summed E-state index contributed by atoms with van der Waals surface area (Å²) >= 11 is 0. The molecule has 36 heavy (non-hydrogen) atoms. The van der Waals surface area contributed by atoms with Gasteiger partial charge in [0.1, 0.15) is 0 Å². The number of rotatable bonds is 7. The third-order valence-electron chi connectivity index (χ3n) is 6.05. The summed E-state index contributed by atoms with van der Waals surface area (Å²) in [5, 5.41) is 0. The second-order valence-electron chi connectivity index (χ2n) is 8.90. The Morgan fingerprint density at radius 3 is 2.56 bits per heavy atom. The molecule has 0 spiro atoms. The lowest BCUT2D eigenvalue weighted by molar-refractivity contribution is 0.885. The van der Waals surface area contributed by atoms with E-state index in [9.17, 15) is 0 Å². The molecule has 1 atom stereocenters. The van der Waals surface area contributed by atoms with E-state index in [2.05, 4.69) is 132 Å². The lowest BCUT2D eigenvalue weighted by Crippen LogP contribution is -2.05. The minimum atomic E-state index is 0.00487. The van der Waals surface area contributed by atoms with E-state index in [0.717, 1.165) is 40.7 Å². The quantitative estimate of drug-likeness (QED) is 0.348. The molecule has 1 aliphatic rings. The van der Waals surface area contributed by atoms with Crippen LogP contribution in [0.2, 0.25) is 0 Å². The predicted octanol–water partition coefficient (Wildman–Crippen LogP) is 9.87. The van der Waals surface area contributed by atoms with Gasteiger partial charge in [0.25, 0.3) is 0 Å². The Balaban J connectivity index is 2.59. The standard InChI is InChI=1S/C35H41N/c1-8-11-17-27(4)18-14-19-28(5)34-23-15-22-31(10-3)35(16-9-2)30(7)36-26-33-21-13-12-20-32(33)25-24-29(34)6/h9-22,24-26,30H,3,5,8,23H2,1-2,4,6-7H3/b16-9-,17-11+,19-14-,22-15?,25-24-,27-18+,34-29-,35-31?,36-26?. The second-order valence-corrected chi connectivity index (χ2v) is 8.90. The maximum atomic E-state index is 4.88. The maximum absolute atomic E-state index is 4.88. The fourth-order valence-corrected chi connectivity index (χ4v) is 3.93. The third kappa shape index (κ3) is 8.82. The highest BCUT2D eigenvalue weighted by Crippen LogP contribution is 2.24. The Hall–Kier alpha value is -3.71. The molecule has 0 aliphatic carbocycles. The molecule has 0 aromatic heterocycles. The molecule has 0 amide bonds. The minimum absolute atomic E-state index is 0.00487. The number of aliphatic imine (C=N–C) groups is 1. The van der Waals surface area contributed by atoms with E-state index in [-0.39, 0.29) is 6.04 Å². The van der Waals surface area contributed by atoms with E-state index in [1.807, 2.05) is 19.2 Å². The van der Waals surface area contributed by atoms with E-state index < -0.39 is 0 Å². The van der Waals surface area contributed by atoms with Crippen molar-refractivity contribution in [2.75, 3.05) is 0 Å². The van der Waals surface area contributed by atoms with Crippen molar-refractivity contribution in [1.82, 2.24) is 0 Å². The van der Waals surface area contributed by atoms with Gasteiger partial charge in [0.05, 0.1) is 6.04 Å². The molecule has 0 fully saturated rings. The molecule has 0 N–H and O–H groups in total. The lowest BCUT2D eigenvalue weighted by atomic mass is 9.95. The van der Waals surface area contributed by atoms with Crippen LogP contribution < -0.4 is 0 Å². The van der Waals surface area contributed by atoms with Crippen LogP contribution in [0.3, 0.4) is 0 Å². The van der Waals surface area contributed by atoms with Crippen molar-refractivity contribution < 1.29 is 0 Å². The molecular weight excluding hydrogens is 434 g/mol. The van der Waals surface area contributed by atoms with Gasteiger partial charge in [-0.25, -0.2) is 0 Å². The van der Waals surface area contributed by atoms with Crippen LogP contribution in [0.15, 0.2) is 143 Å². The van der Waals surface area contributed by atoms with Crippen molar-refractivity contribution in [1.29, 1.82) is 0 Å². The van der Waals surface area contributed by atoms with Gasteiger partial charge in [-0.3, -0.25) is 4.99 Å². The Kier molecular flexibility index (Phi) is 12.1. The molecule has 186 valence electrons. The van der Waals surface area contributed by atoms with Gasteiger partial charge >= 0.3 is 0 Å². The smallest absolute Gasteiger partial charge is 0.0726 e. The molecule has 1 nitrogen and oxygen atoms in total. The number of fused-ring (bicyclic) bond motifs is 1. The van der Waals surface area contributed by atoms with E-state index >= 15 is 0 Å². The summed E-state index contributed by atoms with van der Waals surface area (Å²) in [6.07, 6.45) is 29.3. The van der Waals surface area contributed by atoms with Gasteiger partial charge in [0.15, 0.2) is 0 Å². The molecule has 1 heterocycles. The molecule has 1 heteroatoms. The molecule has 0 saturated heterocycles. The normalized spacial score (nSPS) is 20.8. The first-order chi connectivity index (χ1) is 17.4. The summed E-state index contributed by atoms with van der Waals surface area (Å²) in [6, 6.07) is 8.37. The first-order valence-corrected chi connectivity index (χ1v) is 12.8. The largest absolute Gasteiger partial charge is 0.285 e. The highest BCUT2D eigenvalue weighted by atomic mass is 14.8. The molecule has 1 aromatic rings. The maximum Gasteiger partial charge on any atom is 0.0726 e. The third-order valence-corrected chi connectivity index (χ3v) is 6.05. The van der Waals surface area contributed by atoms with Crippen molar-refractivity contribution >= 4 is 12.3 Å². The number of nitrogens with zero attached hydrogens (tertiary/aromatic N) is 1. The van der Waals surface area contributed by atoms with Gasteiger partial charge in [-0.05, 0) is 79.5 Å². The zero-order chi connectivity index (χ0) is 26.3. The summed E-state index contributed by atoms with van der Waals surface area (Å²) in [5.41, 5.74) is 9.10. The lowest BCUT2D eigenvalue weighted by Gasteiger charge is -2.13. The van der Waals surface area contributed by atoms with E-state index in [1.165, 1.54) is 16.7 Å². The first-order valence-electron chi connectivity index (χ1n) is 12.8. The van der Waals surface area contributed by atoms with Gasteiger partial charge in [-0.2, -0.15) is 0 Å². The van der Waals surface area contributed by atoms with E-state index in [1.54, 1.807) is 0 Å². The highest BCUT2D eigenvalue weighted by molar-refractivity contribution is 5.86. The van der Waals surface area contributed by atoms with Gasteiger partial charge in [-0.1, -0.05) is 123 Å². The van der Waals surface area contributed by atoms with Crippen LogP contribution in [-0.2, 0) is 0 Å². The number of allylic oxidation sites excluding steroid dienone is 15. The molecule has 0 radical (unpaired) electrons. The Morgan fingerprint density at radius 2 is 1.86 bits per heavy atom. The van der Waals surface area contributed by atoms with E-state index in [4.69, 9.17) is 4.99 Å². The topological polar surface area (TPSA) is 12.4 Å². The Morgan fingerprint density at radius 1 is 1.11 bits per heavy atom. The minimum Gasteiger partial charge on any atom is -0.285 e. The average Bonchev–Trinajstić information content (AvgIpc) is 2.88. The fraction of sp³-hybridized carbons (Fsp3) is 0.229. The number of hydrogen-bond acceptors (Lipinski definition) is 1. The summed E-state index contributed by atoms with van der Waals surface area (Å²) < 4.78 is 0. The summed E-state index contributed by atoms with van der Waals surface area (Å²) in [4.78, 5) is 4.88. The molecule has 1 aliphatic heterocycles. The predicted molar refractivity (Wildman–Crippen MR) is 162 cm³/mol. The highest BCUT2D eigenvalue weighted by Gasteiger charge is 2.09.